The Morgan fingerprint density at radius 2 is 2.08 bits per heavy atom. The van der Waals surface area contributed by atoms with E-state index in [1.165, 1.54) is 0 Å². The number of hydrogen-bond acceptors (Lipinski definition) is 2. The van der Waals surface area contributed by atoms with Crippen molar-refractivity contribution >= 4 is 11.6 Å². The van der Waals surface area contributed by atoms with Crippen LogP contribution in [0.2, 0.25) is 5.28 Å². The Labute approximate surface area is 69.2 Å². The lowest BCUT2D eigenvalue weighted by molar-refractivity contribution is -0.138. The highest BCUT2D eigenvalue weighted by atomic mass is 35.5. The molecule has 1 aromatic rings. The van der Waals surface area contributed by atoms with Gasteiger partial charge in [-0.3, -0.25) is 9.78 Å². The Kier molecular flexibility index (Phi) is 2.10. The van der Waals surface area contributed by atoms with Crippen molar-refractivity contribution in [3.8, 4) is 0 Å². The molecule has 1 N–H and O–H groups in total. The summed E-state index contributed by atoms with van der Waals surface area (Å²) in [5, 5.41) is -0.368. The Hall–Kier alpha value is -1.04. The summed E-state index contributed by atoms with van der Waals surface area (Å²) in [5.41, 5.74) is -2.64. The summed E-state index contributed by atoms with van der Waals surface area (Å²) in [7, 11) is 0. The van der Waals surface area contributed by atoms with Gasteiger partial charge in [0.05, 0.1) is 0 Å². The molecule has 0 aliphatic rings. The summed E-state index contributed by atoms with van der Waals surface area (Å²) in [5.74, 6) is 0. The third-order valence-electron chi connectivity index (χ3n) is 1.07. The predicted octanol–water partition coefficient (Wildman–Crippen LogP) is 1.44. The van der Waals surface area contributed by atoms with Gasteiger partial charge in [-0.15, -0.1) is 0 Å². The molecule has 0 aromatic carbocycles. The van der Waals surface area contributed by atoms with Crippen molar-refractivity contribution < 1.29 is 13.2 Å². The molecule has 0 saturated heterocycles. The van der Waals surface area contributed by atoms with Crippen LogP contribution in [-0.2, 0) is 6.18 Å². The number of aromatic amines is 1. The molecule has 0 bridgehead atoms. The summed E-state index contributed by atoms with van der Waals surface area (Å²) in [4.78, 5) is 15.4. The fraction of sp³-hybridized carbons (Fsp3) is 0.200. The summed E-state index contributed by atoms with van der Waals surface area (Å²) in [6.45, 7) is 0. The monoisotopic (exact) mass is 198 g/mol. The first kappa shape index (κ1) is 9.05. The molecule has 1 aromatic heterocycles. The molecule has 0 spiro atoms. The maximum atomic E-state index is 11.9. The average Bonchev–Trinajstić information content (AvgIpc) is 1.83. The number of rotatable bonds is 0. The van der Waals surface area contributed by atoms with E-state index in [9.17, 15) is 18.0 Å². The molecule has 7 heteroatoms. The van der Waals surface area contributed by atoms with Crippen molar-refractivity contribution in [1.29, 1.82) is 0 Å². The van der Waals surface area contributed by atoms with E-state index in [-0.39, 0.29) is 5.28 Å². The van der Waals surface area contributed by atoms with Gasteiger partial charge in [0, 0.05) is 6.20 Å². The minimum absolute atomic E-state index is 0.368. The molecule has 0 aliphatic heterocycles. The fourth-order valence-electron chi connectivity index (χ4n) is 0.575. The van der Waals surface area contributed by atoms with Gasteiger partial charge in [0.25, 0.3) is 5.56 Å². The molecular formula is C5H2ClF3N2O. The first-order valence-electron chi connectivity index (χ1n) is 2.73. The second kappa shape index (κ2) is 2.78. The zero-order chi connectivity index (χ0) is 9.35. The van der Waals surface area contributed by atoms with Crippen LogP contribution in [0.1, 0.15) is 5.56 Å². The lowest BCUT2D eigenvalue weighted by Gasteiger charge is -2.03. The second-order valence-corrected chi connectivity index (χ2v) is 2.27. The summed E-state index contributed by atoms with van der Waals surface area (Å²) in [6, 6.07) is 0. The van der Waals surface area contributed by atoms with Crippen LogP contribution in [0, 0.1) is 0 Å². The minimum atomic E-state index is -4.69. The minimum Gasteiger partial charge on any atom is -0.297 e. The van der Waals surface area contributed by atoms with E-state index in [0.717, 1.165) is 0 Å². The standard InChI is InChI=1S/C5H2ClF3N2O/c6-4-10-1-2(3(12)11-4)5(7,8)9/h1H,(H,10,11,12). The highest BCUT2D eigenvalue weighted by Gasteiger charge is 2.34. The number of aromatic nitrogens is 2. The molecule has 12 heavy (non-hydrogen) atoms. The third-order valence-corrected chi connectivity index (χ3v) is 1.27. The van der Waals surface area contributed by atoms with Gasteiger partial charge in [0.15, 0.2) is 0 Å². The van der Waals surface area contributed by atoms with Crippen LogP contribution >= 0.6 is 11.6 Å². The number of nitrogens with one attached hydrogen (secondary N) is 1. The number of hydrogen-bond donors (Lipinski definition) is 1. The Morgan fingerprint density at radius 1 is 1.50 bits per heavy atom. The van der Waals surface area contributed by atoms with E-state index < -0.39 is 17.3 Å². The molecule has 0 unspecified atom stereocenters. The Morgan fingerprint density at radius 3 is 2.50 bits per heavy atom. The molecule has 3 nitrogen and oxygen atoms in total. The zero-order valence-electron chi connectivity index (χ0n) is 5.44. The van der Waals surface area contributed by atoms with E-state index in [1.54, 1.807) is 4.98 Å². The molecule has 66 valence electrons. The van der Waals surface area contributed by atoms with Crippen molar-refractivity contribution in [3.05, 3.63) is 27.4 Å². The maximum absolute atomic E-state index is 11.9. The quantitative estimate of drug-likeness (QED) is 0.641. The van der Waals surface area contributed by atoms with Gasteiger partial charge in [0.2, 0.25) is 5.28 Å². The molecule has 0 saturated carbocycles. The van der Waals surface area contributed by atoms with Gasteiger partial charge in [-0.1, -0.05) is 0 Å². The van der Waals surface area contributed by atoms with Gasteiger partial charge in [-0.2, -0.15) is 13.2 Å². The van der Waals surface area contributed by atoms with Crippen LogP contribution in [0.15, 0.2) is 11.0 Å². The van der Waals surface area contributed by atoms with Crippen LogP contribution in [0.3, 0.4) is 0 Å². The van der Waals surface area contributed by atoms with Crippen molar-refractivity contribution in [2.45, 2.75) is 6.18 Å². The van der Waals surface area contributed by atoms with Crippen molar-refractivity contribution in [1.82, 2.24) is 9.97 Å². The van der Waals surface area contributed by atoms with Crippen LogP contribution in [0.5, 0.6) is 0 Å². The number of halogens is 4. The third kappa shape index (κ3) is 1.76. The van der Waals surface area contributed by atoms with E-state index >= 15 is 0 Å². The van der Waals surface area contributed by atoms with Gasteiger partial charge in [-0.05, 0) is 11.6 Å². The molecule has 0 aliphatic carbocycles. The number of H-pyrrole nitrogens is 1. The van der Waals surface area contributed by atoms with Crippen molar-refractivity contribution in [2.75, 3.05) is 0 Å². The van der Waals surface area contributed by atoms with Crippen molar-refractivity contribution in [3.63, 3.8) is 0 Å². The van der Waals surface area contributed by atoms with Gasteiger partial charge < -0.3 is 0 Å². The van der Waals surface area contributed by atoms with Crippen LogP contribution in [-0.4, -0.2) is 9.97 Å². The van der Waals surface area contributed by atoms with Crippen LogP contribution in [0.25, 0.3) is 0 Å². The smallest absolute Gasteiger partial charge is 0.297 e. The zero-order valence-corrected chi connectivity index (χ0v) is 6.20. The molecule has 1 heterocycles. The van der Waals surface area contributed by atoms with Gasteiger partial charge in [0.1, 0.15) is 5.56 Å². The SMILES string of the molecule is O=c1[nH]c(Cl)ncc1C(F)(F)F. The lowest BCUT2D eigenvalue weighted by Crippen LogP contribution is -2.21. The molecule has 1 rings (SSSR count). The first-order chi connectivity index (χ1) is 5.41. The number of nitrogens with zero attached hydrogens (tertiary/aromatic N) is 1. The van der Waals surface area contributed by atoms with Gasteiger partial charge in [-0.25, -0.2) is 4.98 Å². The molecule has 0 amide bonds. The largest absolute Gasteiger partial charge is 0.423 e. The molecule has 0 radical (unpaired) electrons. The van der Waals surface area contributed by atoms with E-state index in [1.807, 2.05) is 0 Å². The number of alkyl halides is 3. The highest BCUT2D eigenvalue weighted by Crippen LogP contribution is 2.25. The summed E-state index contributed by atoms with van der Waals surface area (Å²) < 4.78 is 35.6. The average molecular weight is 199 g/mol. The van der Waals surface area contributed by atoms with Crippen molar-refractivity contribution in [2.24, 2.45) is 0 Å². The van der Waals surface area contributed by atoms with E-state index in [2.05, 4.69) is 4.98 Å². The Balaban J connectivity index is 3.29. The summed E-state index contributed by atoms with van der Waals surface area (Å²) >= 11 is 5.13. The highest BCUT2D eigenvalue weighted by molar-refractivity contribution is 6.28. The van der Waals surface area contributed by atoms with E-state index in [4.69, 9.17) is 11.6 Å². The normalized spacial score (nSPS) is 11.7. The molecule has 0 fully saturated rings. The Bertz CT molecular complexity index is 345. The molecule has 0 atom stereocenters. The summed E-state index contributed by atoms with van der Waals surface area (Å²) in [6.07, 6.45) is -4.30. The van der Waals surface area contributed by atoms with E-state index in [0.29, 0.717) is 6.20 Å². The van der Waals surface area contributed by atoms with Gasteiger partial charge >= 0.3 is 6.18 Å². The molecular weight excluding hydrogens is 197 g/mol. The predicted molar refractivity (Wildman–Crippen MR) is 34.9 cm³/mol. The second-order valence-electron chi connectivity index (χ2n) is 1.91. The fourth-order valence-corrected chi connectivity index (χ4v) is 0.710. The maximum Gasteiger partial charge on any atom is 0.423 e. The van der Waals surface area contributed by atoms with Crippen LogP contribution in [0.4, 0.5) is 13.2 Å². The first-order valence-corrected chi connectivity index (χ1v) is 3.11. The lowest BCUT2D eigenvalue weighted by atomic mass is 10.3. The van der Waals surface area contributed by atoms with Crippen LogP contribution < -0.4 is 5.56 Å². The topological polar surface area (TPSA) is 45.8 Å².